The molecule has 0 fully saturated rings. The quantitative estimate of drug-likeness (QED) is 0.345. The van der Waals surface area contributed by atoms with Gasteiger partial charge in [-0.15, -0.1) is 22.7 Å². The number of fused-ring (bicyclic) bond motifs is 1. The van der Waals surface area contributed by atoms with Crippen LogP contribution in [-0.2, 0) is 6.42 Å². The Balaban J connectivity index is 1.47. The largest absolute Gasteiger partial charge is 0.492 e. The Kier molecular flexibility index (Phi) is 6.17. The molecule has 0 saturated carbocycles. The molecule has 0 aliphatic carbocycles. The van der Waals surface area contributed by atoms with Crippen molar-refractivity contribution in [1.82, 2.24) is 9.97 Å². The van der Waals surface area contributed by atoms with Crippen LogP contribution < -0.4 is 10.1 Å². The number of carboxylic acids is 1. The number of rotatable bonds is 8. The Morgan fingerprint density at radius 1 is 1.27 bits per heavy atom. The molecule has 0 bridgehead atoms. The topological polar surface area (TPSA) is 84.3 Å². The lowest BCUT2D eigenvalue weighted by molar-refractivity contribution is 0.0698. The molecule has 0 radical (unpaired) electrons. The smallest absolute Gasteiger partial charge is 0.349 e. The highest BCUT2D eigenvalue weighted by atomic mass is 35.5. The number of thiophene rings is 2. The van der Waals surface area contributed by atoms with E-state index in [0.29, 0.717) is 30.4 Å². The molecule has 0 saturated heterocycles. The summed E-state index contributed by atoms with van der Waals surface area (Å²) in [5.74, 6) is 0.0214. The van der Waals surface area contributed by atoms with Gasteiger partial charge in [-0.3, -0.25) is 0 Å². The highest BCUT2D eigenvalue weighted by Crippen LogP contribution is 2.36. The van der Waals surface area contributed by atoms with Crippen LogP contribution in [0, 0.1) is 0 Å². The Bertz CT molecular complexity index is 1210. The second-order valence-electron chi connectivity index (χ2n) is 6.42. The molecule has 4 aromatic rings. The van der Waals surface area contributed by atoms with E-state index in [1.807, 2.05) is 24.4 Å². The number of carboxylic acid groups (broad SMARTS) is 1. The van der Waals surface area contributed by atoms with Gasteiger partial charge in [0.05, 0.1) is 26.9 Å². The zero-order chi connectivity index (χ0) is 21.1. The molecule has 6 nitrogen and oxygen atoms in total. The summed E-state index contributed by atoms with van der Waals surface area (Å²) in [5, 5.41) is 16.7. The van der Waals surface area contributed by atoms with Gasteiger partial charge in [-0.1, -0.05) is 17.7 Å². The fraction of sp³-hybridized carbons (Fsp3) is 0.190. The standard InChI is InChI=1S/C21H18ClN3O3S2/c1-2-28-16-10-17(30-20(16)21(26)27)15-9-18(25-11-24-15)23-5-3-12-7-13-4-6-29-19(13)14(22)8-12/h4,6-11H,2-3,5H2,1H3,(H,26,27)(H,23,24,25). The molecule has 0 unspecified atom stereocenters. The molecular weight excluding hydrogens is 442 g/mol. The lowest BCUT2D eigenvalue weighted by atomic mass is 10.1. The number of carbonyl (C=O) groups is 1. The van der Waals surface area contributed by atoms with Crippen molar-refractivity contribution in [2.45, 2.75) is 13.3 Å². The number of nitrogens with one attached hydrogen (secondary N) is 1. The van der Waals surface area contributed by atoms with E-state index in [9.17, 15) is 9.90 Å². The first-order chi connectivity index (χ1) is 14.5. The van der Waals surface area contributed by atoms with Crippen LogP contribution in [0.15, 0.2) is 42.0 Å². The maximum atomic E-state index is 11.4. The first kappa shape index (κ1) is 20.6. The molecule has 30 heavy (non-hydrogen) atoms. The number of halogens is 1. The van der Waals surface area contributed by atoms with Crippen LogP contribution in [0.3, 0.4) is 0 Å². The minimum absolute atomic E-state index is 0.167. The number of nitrogens with zero attached hydrogens (tertiary/aromatic N) is 2. The van der Waals surface area contributed by atoms with Crippen molar-refractivity contribution in [1.29, 1.82) is 0 Å². The number of ether oxygens (including phenoxy) is 1. The first-order valence-electron chi connectivity index (χ1n) is 9.27. The molecule has 0 aliphatic rings. The Hall–Kier alpha value is -2.68. The van der Waals surface area contributed by atoms with Gasteiger partial charge in [-0.05, 0) is 41.8 Å². The highest BCUT2D eigenvalue weighted by Gasteiger charge is 2.18. The van der Waals surface area contributed by atoms with Crippen molar-refractivity contribution in [3.8, 4) is 16.3 Å². The van der Waals surface area contributed by atoms with Crippen molar-refractivity contribution >= 4 is 56.1 Å². The Labute approximate surface area is 186 Å². The molecule has 0 atom stereocenters. The summed E-state index contributed by atoms with van der Waals surface area (Å²) in [4.78, 5) is 20.9. The molecular formula is C21H18ClN3O3S2. The van der Waals surface area contributed by atoms with Gasteiger partial charge in [0.25, 0.3) is 0 Å². The molecule has 1 aromatic carbocycles. The van der Waals surface area contributed by atoms with Crippen molar-refractivity contribution in [2.24, 2.45) is 0 Å². The van der Waals surface area contributed by atoms with Crippen LogP contribution in [-0.4, -0.2) is 34.2 Å². The fourth-order valence-electron chi connectivity index (χ4n) is 3.08. The maximum absolute atomic E-state index is 11.4. The predicted molar refractivity (Wildman–Crippen MR) is 123 cm³/mol. The Morgan fingerprint density at radius 2 is 2.13 bits per heavy atom. The SMILES string of the molecule is CCOc1cc(-c2cc(NCCc3cc(Cl)c4sccc4c3)ncn2)sc1C(=O)O. The summed E-state index contributed by atoms with van der Waals surface area (Å²) in [6.07, 6.45) is 2.26. The zero-order valence-electron chi connectivity index (χ0n) is 16.0. The van der Waals surface area contributed by atoms with E-state index in [1.54, 1.807) is 17.4 Å². The van der Waals surface area contributed by atoms with Gasteiger partial charge < -0.3 is 15.2 Å². The van der Waals surface area contributed by atoms with E-state index in [1.165, 1.54) is 6.33 Å². The fourth-order valence-corrected chi connectivity index (χ4v) is 5.15. The molecule has 154 valence electrons. The van der Waals surface area contributed by atoms with Crippen molar-refractivity contribution in [3.05, 3.63) is 57.5 Å². The zero-order valence-corrected chi connectivity index (χ0v) is 18.4. The number of aromatic nitrogens is 2. The van der Waals surface area contributed by atoms with Gasteiger partial charge in [0.1, 0.15) is 17.9 Å². The lowest BCUT2D eigenvalue weighted by Crippen LogP contribution is -2.06. The van der Waals surface area contributed by atoms with Crippen LogP contribution in [0.4, 0.5) is 5.82 Å². The van der Waals surface area contributed by atoms with Crippen LogP contribution in [0.2, 0.25) is 5.02 Å². The molecule has 4 rings (SSSR count). The summed E-state index contributed by atoms with van der Waals surface area (Å²) in [6.45, 7) is 2.89. The normalized spacial score (nSPS) is 11.0. The van der Waals surface area contributed by atoms with E-state index in [-0.39, 0.29) is 4.88 Å². The summed E-state index contributed by atoms with van der Waals surface area (Å²) >= 11 is 9.14. The van der Waals surface area contributed by atoms with Crippen LogP contribution >= 0.6 is 34.3 Å². The summed E-state index contributed by atoms with van der Waals surface area (Å²) in [6, 6.07) is 9.74. The Morgan fingerprint density at radius 3 is 2.93 bits per heavy atom. The molecule has 3 heterocycles. The average molecular weight is 460 g/mol. The third kappa shape index (κ3) is 4.40. The second kappa shape index (κ2) is 8.99. The van der Waals surface area contributed by atoms with Crippen molar-refractivity contribution in [3.63, 3.8) is 0 Å². The second-order valence-corrected chi connectivity index (χ2v) is 8.80. The number of aromatic carboxylic acids is 1. The van der Waals surface area contributed by atoms with Gasteiger partial charge >= 0.3 is 5.97 Å². The first-order valence-corrected chi connectivity index (χ1v) is 11.3. The van der Waals surface area contributed by atoms with Crippen LogP contribution in [0.25, 0.3) is 20.7 Å². The van der Waals surface area contributed by atoms with Gasteiger partial charge in [-0.2, -0.15) is 0 Å². The van der Waals surface area contributed by atoms with Crippen molar-refractivity contribution in [2.75, 3.05) is 18.5 Å². The highest BCUT2D eigenvalue weighted by molar-refractivity contribution is 7.18. The number of hydrogen-bond acceptors (Lipinski definition) is 7. The lowest BCUT2D eigenvalue weighted by Gasteiger charge is -2.07. The van der Waals surface area contributed by atoms with Crippen LogP contribution in [0.5, 0.6) is 5.75 Å². The molecule has 0 aliphatic heterocycles. The predicted octanol–water partition coefficient (Wildman–Crippen LogP) is 5.82. The maximum Gasteiger partial charge on any atom is 0.349 e. The minimum atomic E-state index is -1.01. The van der Waals surface area contributed by atoms with E-state index < -0.39 is 5.97 Å². The van der Waals surface area contributed by atoms with E-state index in [2.05, 4.69) is 27.4 Å². The monoisotopic (exact) mass is 459 g/mol. The summed E-state index contributed by atoms with van der Waals surface area (Å²) < 4.78 is 6.55. The average Bonchev–Trinajstić information content (AvgIpc) is 3.36. The van der Waals surface area contributed by atoms with Gasteiger partial charge in [0.2, 0.25) is 0 Å². The van der Waals surface area contributed by atoms with Crippen molar-refractivity contribution < 1.29 is 14.6 Å². The molecule has 0 amide bonds. The number of benzene rings is 1. The van der Waals surface area contributed by atoms with Gasteiger partial charge in [0, 0.05) is 18.7 Å². The molecule has 9 heteroatoms. The number of anilines is 1. The van der Waals surface area contributed by atoms with Gasteiger partial charge in [0.15, 0.2) is 4.88 Å². The van der Waals surface area contributed by atoms with Gasteiger partial charge in [-0.25, -0.2) is 14.8 Å². The third-order valence-corrected chi connectivity index (χ3v) is 6.90. The molecule has 2 N–H and O–H groups in total. The number of hydrogen-bond donors (Lipinski definition) is 2. The summed E-state index contributed by atoms with van der Waals surface area (Å²) in [7, 11) is 0. The molecule has 3 aromatic heterocycles. The van der Waals surface area contributed by atoms with Crippen LogP contribution in [0.1, 0.15) is 22.2 Å². The van der Waals surface area contributed by atoms with E-state index >= 15 is 0 Å². The third-order valence-electron chi connectivity index (χ3n) is 4.40. The summed E-state index contributed by atoms with van der Waals surface area (Å²) in [5.41, 5.74) is 1.80. The van der Waals surface area contributed by atoms with E-state index in [4.69, 9.17) is 16.3 Å². The minimum Gasteiger partial charge on any atom is -0.492 e. The molecule has 0 spiro atoms. The van der Waals surface area contributed by atoms with E-state index in [0.717, 1.165) is 43.3 Å².